The summed E-state index contributed by atoms with van der Waals surface area (Å²) in [7, 11) is 3.26. The Bertz CT molecular complexity index is 1040. The van der Waals surface area contributed by atoms with Gasteiger partial charge in [0, 0.05) is 30.6 Å². The van der Waals surface area contributed by atoms with Gasteiger partial charge in [-0.15, -0.1) is 11.3 Å². The lowest BCUT2D eigenvalue weighted by atomic mass is 10.2. The van der Waals surface area contributed by atoms with Crippen LogP contribution in [-0.2, 0) is 22.7 Å². The molecule has 0 aliphatic rings. The summed E-state index contributed by atoms with van der Waals surface area (Å²) in [6.45, 7) is 1.28. The van der Waals surface area contributed by atoms with E-state index in [4.69, 9.17) is 16.3 Å². The first-order chi connectivity index (χ1) is 15.5. The quantitative estimate of drug-likeness (QED) is 0.472. The number of benzene rings is 2. The van der Waals surface area contributed by atoms with Crippen LogP contribution in [0.1, 0.15) is 10.4 Å². The highest BCUT2D eigenvalue weighted by Gasteiger charge is 2.19. The molecule has 8 heteroatoms. The summed E-state index contributed by atoms with van der Waals surface area (Å²) >= 11 is 7.74. The van der Waals surface area contributed by atoms with Gasteiger partial charge in [0.2, 0.25) is 11.8 Å². The molecule has 3 aromatic rings. The number of hydrogen-bond donors (Lipinski definition) is 1. The molecule has 168 valence electrons. The number of likely N-dealkylation sites (N-methyl/N-ethyl adjacent to an activating group) is 1. The van der Waals surface area contributed by atoms with Gasteiger partial charge in [0.25, 0.3) is 0 Å². The predicted molar refractivity (Wildman–Crippen MR) is 129 cm³/mol. The fourth-order valence-corrected chi connectivity index (χ4v) is 4.16. The number of halogens is 1. The molecule has 1 heterocycles. The van der Waals surface area contributed by atoms with Crippen molar-refractivity contribution >= 4 is 40.4 Å². The second kappa shape index (κ2) is 11.7. The van der Waals surface area contributed by atoms with Crippen molar-refractivity contribution in [2.24, 2.45) is 0 Å². The standard InChI is InChI=1S/C24H26ClN3O3S/c1-27(16-23(29)26-21-11-5-4-10-20(21)25)24(30)17-28(15-19-9-7-13-32-19)14-18-8-3-6-12-22(18)31-2/h3-13H,14-17H2,1-2H3,(H,26,29). The second-order valence-corrected chi connectivity index (χ2v) is 8.75. The molecule has 0 aliphatic heterocycles. The normalized spacial score (nSPS) is 10.8. The van der Waals surface area contributed by atoms with E-state index >= 15 is 0 Å². The molecule has 0 saturated heterocycles. The average molecular weight is 472 g/mol. The Morgan fingerprint density at radius 1 is 1.00 bits per heavy atom. The number of amides is 2. The van der Waals surface area contributed by atoms with Crippen LogP contribution in [0.4, 0.5) is 5.69 Å². The van der Waals surface area contributed by atoms with Crippen LogP contribution in [0.5, 0.6) is 5.75 Å². The number of nitrogens with zero attached hydrogens (tertiary/aromatic N) is 2. The molecule has 0 fully saturated rings. The van der Waals surface area contributed by atoms with Crippen molar-refractivity contribution in [2.75, 3.05) is 32.6 Å². The minimum atomic E-state index is -0.302. The molecule has 0 radical (unpaired) electrons. The fourth-order valence-electron chi connectivity index (χ4n) is 3.23. The van der Waals surface area contributed by atoms with Gasteiger partial charge in [-0.3, -0.25) is 14.5 Å². The zero-order chi connectivity index (χ0) is 22.9. The largest absolute Gasteiger partial charge is 0.496 e. The van der Waals surface area contributed by atoms with Crippen LogP contribution in [0.15, 0.2) is 66.0 Å². The van der Waals surface area contributed by atoms with E-state index in [0.717, 1.165) is 16.2 Å². The average Bonchev–Trinajstić information content (AvgIpc) is 3.28. The highest BCUT2D eigenvalue weighted by Crippen LogP contribution is 2.22. The molecular formula is C24H26ClN3O3S. The first-order valence-electron chi connectivity index (χ1n) is 10.1. The third kappa shape index (κ3) is 6.82. The number of methoxy groups -OCH3 is 1. The zero-order valence-electron chi connectivity index (χ0n) is 18.1. The Balaban J connectivity index is 1.64. The van der Waals surface area contributed by atoms with Crippen LogP contribution < -0.4 is 10.1 Å². The maximum Gasteiger partial charge on any atom is 0.244 e. The number of thiophene rings is 1. The summed E-state index contributed by atoms with van der Waals surface area (Å²) in [5, 5.41) is 5.22. The predicted octanol–water partition coefficient (Wildman–Crippen LogP) is 4.51. The van der Waals surface area contributed by atoms with E-state index in [1.165, 1.54) is 4.90 Å². The van der Waals surface area contributed by atoms with Crippen LogP contribution in [0.2, 0.25) is 5.02 Å². The summed E-state index contributed by atoms with van der Waals surface area (Å²) in [5.41, 5.74) is 1.52. The van der Waals surface area contributed by atoms with Crippen molar-refractivity contribution in [1.29, 1.82) is 0 Å². The number of anilines is 1. The van der Waals surface area contributed by atoms with E-state index in [1.807, 2.05) is 41.8 Å². The lowest BCUT2D eigenvalue weighted by molar-refractivity contribution is -0.134. The van der Waals surface area contributed by atoms with Crippen molar-refractivity contribution in [3.63, 3.8) is 0 Å². The van der Waals surface area contributed by atoms with E-state index in [0.29, 0.717) is 23.8 Å². The van der Waals surface area contributed by atoms with Gasteiger partial charge in [-0.2, -0.15) is 0 Å². The molecule has 0 bridgehead atoms. The highest BCUT2D eigenvalue weighted by atomic mass is 35.5. The second-order valence-electron chi connectivity index (χ2n) is 7.31. The number of ether oxygens (including phenoxy) is 1. The van der Waals surface area contributed by atoms with Crippen LogP contribution in [-0.4, -0.2) is 48.9 Å². The first-order valence-corrected chi connectivity index (χ1v) is 11.4. The van der Waals surface area contributed by atoms with E-state index in [1.54, 1.807) is 49.8 Å². The Morgan fingerprint density at radius 3 is 2.47 bits per heavy atom. The Labute approximate surface area is 197 Å². The highest BCUT2D eigenvalue weighted by molar-refractivity contribution is 7.09. The molecule has 32 heavy (non-hydrogen) atoms. The van der Waals surface area contributed by atoms with Crippen molar-refractivity contribution in [3.05, 3.63) is 81.5 Å². The molecule has 2 aromatic carbocycles. The van der Waals surface area contributed by atoms with Gasteiger partial charge in [0.1, 0.15) is 5.75 Å². The van der Waals surface area contributed by atoms with E-state index in [2.05, 4.69) is 10.2 Å². The molecule has 3 rings (SSSR count). The molecule has 0 spiro atoms. The first kappa shape index (κ1) is 23.8. The van der Waals surface area contributed by atoms with Crippen LogP contribution in [0, 0.1) is 0 Å². The van der Waals surface area contributed by atoms with Crippen molar-refractivity contribution < 1.29 is 14.3 Å². The number of carbonyl (C=O) groups is 2. The van der Waals surface area contributed by atoms with Crippen molar-refractivity contribution in [2.45, 2.75) is 13.1 Å². The zero-order valence-corrected chi connectivity index (χ0v) is 19.7. The van der Waals surface area contributed by atoms with Gasteiger partial charge in [-0.05, 0) is 29.6 Å². The molecule has 0 unspecified atom stereocenters. The summed E-state index contributed by atoms with van der Waals surface area (Å²) in [5.74, 6) is 0.331. The van der Waals surface area contributed by atoms with E-state index in [-0.39, 0.29) is 24.9 Å². The summed E-state index contributed by atoms with van der Waals surface area (Å²) in [6, 6.07) is 18.8. The Hall–Kier alpha value is -2.87. The van der Waals surface area contributed by atoms with E-state index < -0.39 is 0 Å². The SMILES string of the molecule is COc1ccccc1CN(CC(=O)N(C)CC(=O)Nc1ccccc1Cl)Cc1cccs1. The molecule has 1 N–H and O–H groups in total. The molecule has 6 nitrogen and oxygen atoms in total. The fraction of sp³-hybridized carbons (Fsp3) is 0.250. The number of nitrogens with one attached hydrogen (secondary N) is 1. The smallest absolute Gasteiger partial charge is 0.244 e. The van der Waals surface area contributed by atoms with Gasteiger partial charge in [-0.1, -0.05) is 48.0 Å². The Morgan fingerprint density at radius 2 is 1.75 bits per heavy atom. The maximum absolute atomic E-state index is 12.9. The lowest BCUT2D eigenvalue weighted by Gasteiger charge is -2.25. The van der Waals surface area contributed by atoms with Gasteiger partial charge in [0.15, 0.2) is 0 Å². The van der Waals surface area contributed by atoms with Gasteiger partial charge >= 0.3 is 0 Å². The summed E-state index contributed by atoms with van der Waals surface area (Å²) < 4.78 is 5.47. The molecular weight excluding hydrogens is 446 g/mol. The molecule has 0 saturated carbocycles. The minimum Gasteiger partial charge on any atom is -0.496 e. The number of para-hydroxylation sites is 2. The summed E-state index contributed by atoms with van der Waals surface area (Å²) in [4.78, 5) is 30.0. The molecule has 0 aliphatic carbocycles. The van der Waals surface area contributed by atoms with Gasteiger partial charge in [0.05, 0.1) is 30.9 Å². The monoisotopic (exact) mass is 471 g/mol. The molecule has 1 aromatic heterocycles. The number of hydrogen-bond acceptors (Lipinski definition) is 5. The molecule has 2 amide bonds. The topological polar surface area (TPSA) is 61.9 Å². The molecule has 0 atom stereocenters. The Kier molecular flexibility index (Phi) is 8.67. The van der Waals surface area contributed by atoms with Crippen molar-refractivity contribution in [1.82, 2.24) is 9.80 Å². The van der Waals surface area contributed by atoms with Crippen LogP contribution in [0.3, 0.4) is 0 Å². The van der Waals surface area contributed by atoms with Gasteiger partial charge < -0.3 is 15.0 Å². The van der Waals surface area contributed by atoms with Crippen LogP contribution >= 0.6 is 22.9 Å². The van der Waals surface area contributed by atoms with Gasteiger partial charge in [-0.25, -0.2) is 0 Å². The van der Waals surface area contributed by atoms with E-state index in [9.17, 15) is 9.59 Å². The van der Waals surface area contributed by atoms with Crippen LogP contribution in [0.25, 0.3) is 0 Å². The summed E-state index contributed by atoms with van der Waals surface area (Å²) in [6.07, 6.45) is 0. The maximum atomic E-state index is 12.9. The third-order valence-electron chi connectivity index (χ3n) is 4.86. The minimum absolute atomic E-state index is 0.0639. The lowest BCUT2D eigenvalue weighted by Crippen LogP contribution is -2.41. The van der Waals surface area contributed by atoms with Crippen molar-refractivity contribution in [3.8, 4) is 5.75 Å². The third-order valence-corrected chi connectivity index (χ3v) is 6.05. The number of carbonyl (C=O) groups excluding carboxylic acids is 2. The number of rotatable bonds is 10.